The molecule has 1 aromatic rings. The first-order valence-electron chi connectivity index (χ1n) is 7.90. The van der Waals surface area contributed by atoms with E-state index in [0.717, 1.165) is 30.5 Å². The standard InChI is InChI=1S/C18H25NO2/c1-2-12-19(17-8-9-17)13-15-21-18-10-6-16(7-11-18)5-3-4-14-20/h6-7,10-11,17,20H,2,4,8-9,12-15H2,1H3. The molecule has 0 aliphatic heterocycles. The highest BCUT2D eigenvalue weighted by Gasteiger charge is 2.27. The van der Waals surface area contributed by atoms with Crippen LogP contribution in [0.15, 0.2) is 24.3 Å². The molecule has 0 saturated heterocycles. The van der Waals surface area contributed by atoms with Gasteiger partial charge in [-0.1, -0.05) is 18.8 Å². The van der Waals surface area contributed by atoms with E-state index in [0.29, 0.717) is 6.42 Å². The van der Waals surface area contributed by atoms with Crippen LogP contribution >= 0.6 is 0 Å². The largest absolute Gasteiger partial charge is 0.492 e. The van der Waals surface area contributed by atoms with Gasteiger partial charge in [0.25, 0.3) is 0 Å². The van der Waals surface area contributed by atoms with Crippen LogP contribution in [0.25, 0.3) is 0 Å². The van der Waals surface area contributed by atoms with E-state index >= 15 is 0 Å². The van der Waals surface area contributed by atoms with Crippen molar-refractivity contribution in [2.24, 2.45) is 0 Å². The van der Waals surface area contributed by atoms with Crippen LogP contribution in [0.2, 0.25) is 0 Å². The van der Waals surface area contributed by atoms with Gasteiger partial charge in [0.2, 0.25) is 0 Å². The van der Waals surface area contributed by atoms with Gasteiger partial charge in [0, 0.05) is 24.6 Å². The van der Waals surface area contributed by atoms with Crippen molar-refractivity contribution in [3.8, 4) is 17.6 Å². The average molecular weight is 287 g/mol. The summed E-state index contributed by atoms with van der Waals surface area (Å²) in [6, 6.07) is 8.65. The molecule has 0 heterocycles. The van der Waals surface area contributed by atoms with E-state index in [1.807, 2.05) is 24.3 Å². The maximum Gasteiger partial charge on any atom is 0.119 e. The van der Waals surface area contributed by atoms with Gasteiger partial charge in [-0.05, 0) is 50.1 Å². The topological polar surface area (TPSA) is 32.7 Å². The van der Waals surface area contributed by atoms with E-state index in [1.54, 1.807) is 0 Å². The summed E-state index contributed by atoms with van der Waals surface area (Å²) in [5.41, 5.74) is 0.960. The number of nitrogens with zero attached hydrogens (tertiary/aromatic N) is 1. The first kappa shape index (κ1) is 15.9. The van der Waals surface area contributed by atoms with E-state index in [-0.39, 0.29) is 6.61 Å². The van der Waals surface area contributed by atoms with Crippen LogP contribution in [-0.4, -0.2) is 42.4 Å². The number of ether oxygens (including phenoxy) is 1. The minimum atomic E-state index is 0.115. The van der Waals surface area contributed by atoms with E-state index < -0.39 is 0 Å². The average Bonchev–Trinajstić information content (AvgIpc) is 3.33. The molecule has 1 saturated carbocycles. The minimum Gasteiger partial charge on any atom is -0.492 e. The van der Waals surface area contributed by atoms with Gasteiger partial charge in [-0.25, -0.2) is 0 Å². The summed E-state index contributed by atoms with van der Waals surface area (Å²) in [5, 5.41) is 8.69. The maximum absolute atomic E-state index is 8.69. The third-order valence-corrected chi connectivity index (χ3v) is 3.55. The summed E-state index contributed by atoms with van der Waals surface area (Å²) >= 11 is 0. The molecule has 0 spiro atoms. The van der Waals surface area contributed by atoms with Gasteiger partial charge < -0.3 is 9.84 Å². The molecule has 0 bridgehead atoms. The number of hydrogen-bond acceptors (Lipinski definition) is 3. The van der Waals surface area contributed by atoms with Crippen LogP contribution in [0.1, 0.15) is 38.2 Å². The zero-order chi connectivity index (χ0) is 14.9. The zero-order valence-corrected chi connectivity index (χ0v) is 12.8. The smallest absolute Gasteiger partial charge is 0.119 e. The van der Waals surface area contributed by atoms with Crippen molar-refractivity contribution in [3.63, 3.8) is 0 Å². The Morgan fingerprint density at radius 2 is 2.00 bits per heavy atom. The third-order valence-electron chi connectivity index (χ3n) is 3.55. The molecule has 0 atom stereocenters. The van der Waals surface area contributed by atoms with Crippen LogP contribution in [-0.2, 0) is 0 Å². The van der Waals surface area contributed by atoms with Gasteiger partial charge in [0.15, 0.2) is 0 Å². The molecule has 21 heavy (non-hydrogen) atoms. The van der Waals surface area contributed by atoms with Crippen molar-refractivity contribution in [1.29, 1.82) is 0 Å². The Labute approximate surface area is 127 Å². The molecule has 2 rings (SSSR count). The van der Waals surface area contributed by atoms with Crippen molar-refractivity contribution in [2.45, 2.75) is 38.6 Å². The fourth-order valence-corrected chi connectivity index (χ4v) is 2.34. The second-order valence-electron chi connectivity index (χ2n) is 5.42. The first-order valence-corrected chi connectivity index (χ1v) is 7.90. The van der Waals surface area contributed by atoms with Crippen molar-refractivity contribution < 1.29 is 9.84 Å². The molecule has 0 unspecified atom stereocenters. The highest BCUT2D eigenvalue weighted by Crippen LogP contribution is 2.26. The van der Waals surface area contributed by atoms with Gasteiger partial charge in [-0.15, -0.1) is 0 Å². The highest BCUT2D eigenvalue weighted by atomic mass is 16.5. The Morgan fingerprint density at radius 1 is 1.24 bits per heavy atom. The Kier molecular flexibility index (Phi) is 6.59. The van der Waals surface area contributed by atoms with Crippen molar-refractivity contribution >= 4 is 0 Å². The molecule has 0 aromatic heterocycles. The molecule has 3 nitrogen and oxygen atoms in total. The summed E-state index contributed by atoms with van der Waals surface area (Å²) < 4.78 is 5.81. The number of aliphatic hydroxyl groups is 1. The van der Waals surface area contributed by atoms with E-state index in [1.165, 1.54) is 25.8 Å². The third kappa shape index (κ3) is 5.79. The van der Waals surface area contributed by atoms with Gasteiger partial charge >= 0.3 is 0 Å². The predicted octanol–water partition coefficient (Wildman–Crippen LogP) is 2.67. The maximum atomic E-state index is 8.69. The second-order valence-corrected chi connectivity index (χ2v) is 5.42. The predicted molar refractivity (Wildman–Crippen MR) is 85.4 cm³/mol. The fraction of sp³-hybridized carbons (Fsp3) is 0.556. The SMILES string of the molecule is CCCN(CCOc1ccc(C#CCCO)cc1)C1CC1. The molecule has 1 aliphatic carbocycles. The van der Waals surface area contributed by atoms with Crippen LogP contribution in [0, 0.1) is 11.8 Å². The Hall–Kier alpha value is -1.50. The molecule has 1 aliphatic rings. The molecular formula is C18H25NO2. The lowest BCUT2D eigenvalue weighted by Gasteiger charge is -2.21. The van der Waals surface area contributed by atoms with Crippen LogP contribution in [0.4, 0.5) is 0 Å². The van der Waals surface area contributed by atoms with E-state index in [9.17, 15) is 0 Å². The van der Waals surface area contributed by atoms with E-state index in [4.69, 9.17) is 9.84 Å². The van der Waals surface area contributed by atoms with Crippen LogP contribution < -0.4 is 4.74 Å². The number of benzene rings is 1. The Bertz CT molecular complexity index is 468. The molecule has 1 fully saturated rings. The van der Waals surface area contributed by atoms with Gasteiger partial charge in [0.05, 0.1) is 6.61 Å². The number of hydrogen-bond donors (Lipinski definition) is 1. The van der Waals surface area contributed by atoms with Crippen molar-refractivity contribution in [1.82, 2.24) is 4.90 Å². The minimum absolute atomic E-state index is 0.115. The van der Waals surface area contributed by atoms with Gasteiger partial charge in [-0.3, -0.25) is 4.90 Å². The van der Waals surface area contributed by atoms with E-state index in [2.05, 4.69) is 23.7 Å². The lowest BCUT2D eigenvalue weighted by Crippen LogP contribution is -2.31. The molecule has 0 amide bonds. The second kappa shape index (κ2) is 8.71. The zero-order valence-electron chi connectivity index (χ0n) is 12.8. The lowest BCUT2D eigenvalue weighted by atomic mass is 10.2. The van der Waals surface area contributed by atoms with Crippen molar-refractivity contribution in [3.05, 3.63) is 29.8 Å². The summed E-state index contributed by atoms with van der Waals surface area (Å²) in [4.78, 5) is 2.54. The van der Waals surface area contributed by atoms with Crippen LogP contribution in [0.3, 0.4) is 0 Å². The molecule has 0 radical (unpaired) electrons. The summed E-state index contributed by atoms with van der Waals surface area (Å²) in [7, 11) is 0. The monoisotopic (exact) mass is 287 g/mol. The Morgan fingerprint density at radius 3 is 2.62 bits per heavy atom. The molecule has 3 heteroatoms. The number of aliphatic hydroxyl groups excluding tert-OH is 1. The molecule has 1 N–H and O–H groups in total. The summed E-state index contributed by atoms with van der Waals surface area (Å²) in [6.07, 6.45) is 4.42. The molecule has 114 valence electrons. The lowest BCUT2D eigenvalue weighted by molar-refractivity contribution is 0.202. The van der Waals surface area contributed by atoms with Crippen LogP contribution in [0.5, 0.6) is 5.75 Å². The number of rotatable bonds is 8. The van der Waals surface area contributed by atoms with Gasteiger partial charge in [-0.2, -0.15) is 0 Å². The quantitative estimate of drug-likeness (QED) is 0.746. The first-order chi connectivity index (χ1) is 10.3. The van der Waals surface area contributed by atoms with Gasteiger partial charge in [0.1, 0.15) is 12.4 Å². The highest BCUT2D eigenvalue weighted by molar-refractivity contribution is 5.38. The molecule has 1 aromatic carbocycles. The Balaban J connectivity index is 1.74. The van der Waals surface area contributed by atoms with Crippen molar-refractivity contribution in [2.75, 3.05) is 26.3 Å². The normalized spacial score (nSPS) is 13.9. The molecular weight excluding hydrogens is 262 g/mol. The summed E-state index contributed by atoms with van der Waals surface area (Å²) in [5.74, 6) is 6.83. The fourth-order valence-electron chi connectivity index (χ4n) is 2.34. The summed E-state index contributed by atoms with van der Waals surface area (Å²) in [6.45, 7) is 5.27.